The Kier molecular flexibility index (Phi) is 5.40. The largest absolute Gasteiger partial charge is 0.372 e. The summed E-state index contributed by atoms with van der Waals surface area (Å²) < 4.78 is 0. The molecular formula is C22H29N5O. The molecule has 0 unspecified atom stereocenters. The third-order valence-electron chi connectivity index (χ3n) is 4.87. The molecule has 1 amide bonds. The van der Waals surface area contributed by atoms with Gasteiger partial charge in [-0.3, -0.25) is 4.79 Å². The van der Waals surface area contributed by atoms with Gasteiger partial charge in [-0.15, -0.1) is 10.2 Å². The quantitative estimate of drug-likeness (QED) is 0.706. The zero-order valence-corrected chi connectivity index (χ0v) is 17.6. The second-order valence-electron chi connectivity index (χ2n) is 8.04. The number of nitrogens with zero attached hydrogens (tertiary/aromatic N) is 4. The summed E-state index contributed by atoms with van der Waals surface area (Å²) in [5, 5.41) is 12.2. The first kappa shape index (κ1) is 19.9. The lowest BCUT2D eigenvalue weighted by Gasteiger charge is -2.20. The monoisotopic (exact) mass is 379 g/mol. The molecule has 1 aromatic heterocycles. The van der Waals surface area contributed by atoms with Gasteiger partial charge in [0.1, 0.15) is 11.0 Å². The van der Waals surface area contributed by atoms with Crippen LogP contribution in [-0.4, -0.2) is 34.0 Å². The lowest BCUT2D eigenvalue weighted by atomic mass is 9.95. The molecule has 0 atom stereocenters. The maximum atomic E-state index is 12.3. The number of anilines is 2. The van der Waals surface area contributed by atoms with Crippen LogP contribution in [0.5, 0.6) is 0 Å². The molecule has 6 nitrogen and oxygen atoms in total. The van der Waals surface area contributed by atoms with Gasteiger partial charge in [0, 0.05) is 29.9 Å². The van der Waals surface area contributed by atoms with Crippen LogP contribution in [0.25, 0.3) is 16.7 Å². The fourth-order valence-corrected chi connectivity index (χ4v) is 3.01. The Morgan fingerprint density at radius 1 is 1.04 bits per heavy atom. The minimum Gasteiger partial charge on any atom is -0.372 e. The van der Waals surface area contributed by atoms with Crippen molar-refractivity contribution in [2.45, 2.75) is 41.5 Å². The van der Waals surface area contributed by atoms with Crippen LogP contribution in [0, 0.1) is 12.3 Å². The predicted molar refractivity (Wildman–Crippen MR) is 115 cm³/mol. The molecule has 0 saturated carbocycles. The summed E-state index contributed by atoms with van der Waals surface area (Å²) in [6.07, 6.45) is 0. The van der Waals surface area contributed by atoms with Crippen LogP contribution in [0.15, 0.2) is 36.4 Å². The number of amides is 1. The van der Waals surface area contributed by atoms with E-state index in [0.29, 0.717) is 0 Å². The lowest BCUT2D eigenvalue weighted by Crippen LogP contribution is -2.27. The minimum absolute atomic E-state index is 0.0191. The summed E-state index contributed by atoms with van der Waals surface area (Å²) in [4.78, 5) is 16.3. The first-order valence-electron chi connectivity index (χ1n) is 9.77. The van der Waals surface area contributed by atoms with Gasteiger partial charge in [0.25, 0.3) is 0 Å². The van der Waals surface area contributed by atoms with Gasteiger partial charge >= 0.3 is 0 Å². The van der Waals surface area contributed by atoms with Crippen molar-refractivity contribution in [2.75, 3.05) is 23.3 Å². The van der Waals surface area contributed by atoms with E-state index in [2.05, 4.69) is 46.4 Å². The summed E-state index contributed by atoms with van der Waals surface area (Å²) in [6, 6.07) is 12.1. The highest BCUT2D eigenvalue weighted by Gasteiger charge is 2.22. The Bertz CT molecular complexity index is 979. The maximum Gasteiger partial charge on any atom is 0.229 e. The van der Waals surface area contributed by atoms with E-state index in [1.165, 1.54) is 5.69 Å². The van der Waals surface area contributed by atoms with Crippen LogP contribution in [0.1, 0.15) is 40.2 Å². The molecule has 1 N–H and O–H groups in total. The zero-order chi connectivity index (χ0) is 20.5. The molecule has 0 spiro atoms. The Labute approximate surface area is 166 Å². The van der Waals surface area contributed by atoms with E-state index in [1.54, 1.807) is 4.80 Å². The number of hydrogen-bond acceptors (Lipinski definition) is 4. The SMILES string of the molecule is CCN(CC)c1ccc(-n2nc3cc(C)c(NC(=O)C(C)(C)C)cc3n2)cc1. The molecule has 3 rings (SSSR count). The van der Waals surface area contributed by atoms with Gasteiger partial charge in [0.05, 0.1) is 5.69 Å². The van der Waals surface area contributed by atoms with Crippen LogP contribution in [-0.2, 0) is 4.79 Å². The van der Waals surface area contributed by atoms with Crippen LogP contribution in [0.4, 0.5) is 11.4 Å². The molecule has 0 aliphatic carbocycles. The summed E-state index contributed by atoms with van der Waals surface area (Å²) in [6.45, 7) is 13.9. The van der Waals surface area contributed by atoms with Gasteiger partial charge in [-0.05, 0) is 62.7 Å². The Morgan fingerprint density at radius 2 is 1.61 bits per heavy atom. The van der Waals surface area contributed by atoms with E-state index in [-0.39, 0.29) is 5.91 Å². The molecule has 28 heavy (non-hydrogen) atoms. The summed E-state index contributed by atoms with van der Waals surface area (Å²) in [5.41, 5.74) is 4.94. The van der Waals surface area contributed by atoms with E-state index in [4.69, 9.17) is 0 Å². The van der Waals surface area contributed by atoms with Crippen molar-refractivity contribution >= 4 is 28.3 Å². The minimum atomic E-state index is -0.453. The molecule has 0 saturated heterocycles. The number of aromatic nitrogens is 3. The molecule has 0 aliphatic heterocycles. The fraction of sp³-hybridized carbons (Fsp3) is 0.409. The number of aryl methyl sites for hydroxylation is 1. The molecule has 1 heterocycles. The van der Waals surface area contributed by atoms with Crippen molar-refractivity contribution in [3.05, 3.63) is 42.0 Å². The van der Waals surface area contributed by atoms with Crippen molar-refractivity contribution < 1.29 is 4.79 Å². The second-order valence-corrected chi connectivity index (χ2v) is 8.04. The van der Waals surface area contributed by atoms with Crippen LogP contribution in [0.3, 0.4) is 0 Å². The number of nitrogens with one attached hydrogen (secondary N) is 1. The molecule has 6 heteroatoms. The molecule has 3 aromatic rings. The van der Waals surface area contributed by atoms with E-state index in [0.717, 1.165) is 41.1 Å². The fourth-order valence-electron chi connectivity index (χ4n) is 3.01. The zero-order valence-electron chi connectivity index (χ0n) is 17.6. The molecule has 0 fully saturated rings. The molecule has 2 aromatic carbocycles. The van der Waals surface area contributed by atoms with E-state index >= 15 is 0 Å². The third-order valence-corrected chi connectivity index (χ3v) is 4.87. The molecule has 0 aliphatic rings. The summed E-state index contributed by atoms with van der Waals surface area (Å²) in [7, 11) is 0. The first-order valence-corrected chi connectivity index (χ1v) is 9.77. The molecule has 0 bridgehead atoms. The average Bonchev–Trinajstić information content (AvgIpc) is 3.05. The van der Waals surface area contributed by atoms with Crippen LogP contribution >= 0.6 is 0 Å². The topological polar surface area (TPSA) is 63.1 Å². The van der Waals surface area contributed by atoms with Crippen LogP contribution in [0.2, 0.25) is 0 Å². The molecular weight excluding hydrogens is 350 g/mol. The normalized spacial score (nSPS) is 11.6. The van der Waals surface area contributed by atoms with Gasteiger partial charge < -0.3 is 10.2 Å². The number of hydrogen-bond donors (Lipinski definition) is 1. The number of benzene rings is 2. The van der Waals surface area contributed by atoms with E-state index in [1.807, 2.05) is 52.0 Å². The van der Waals surface area contributed by atoms with E-state index < -0.39 is 5.41 Å². The highest BCUT2D eigenvalue weighted by Crippen LogP contribution is 2.25. The number of carbonyl (C=O) groups is 1. The van der Waals surface area contributed by atoms with Crippen LogP contribution < -0.4 is 10.2 Å². The average molecular weight is 380 g/mol. The smallest absolute Gasteiger partial charge is 0.229 e. The Hall–Kier alpha value is -2.89. The van der Waals surface area contributed by atoms with Crippen molar-refractivity contribution in [2.24, 2.45) is 5.41 Å². The van der Waals surface area contributed by atoms with Crippen molar-refractivity contribution in [3.8, 4) is 5.69 Å². The molecule has 148 valence electrons. The highest BCUT2D eigenvalue weighted by molar-refractivity contribution is 5.97. The highest BCUT2D eigenvalue weighted by atomic mass is 16.2. The first-order chi connectivity index (χ1) is 13.2. The summed E-state index contributed by atoms with van der Waals surface area (Å²) in [5.74, 6) is -0.0191. The predicted octanol–water partition coefficient (Wildman–Crippen LogP) is 4.56. The maximum absolute atomic E-state index is 12.3. The van der Waals surface area contributed by atoms with Crippen molar-refractivity contribution in [1.82, 2.24) is 15.0 Å². The van der Waals surface area contributed by atoms with Crippen molar-refractivity contribution in [3.63, 3.8) is 0 Å². The number of carbonyl (C=O) groups excluding carboxylic acids is 1. The Balaban J connectivity index is 1.91. The van der Waals surface area contributed by atoms with E-state index in [9.17, 15) is 4.79 Å². The number of rotatable bonds is 5. The Morgan fingerprint density at radius 3 is 2.14 bits per heavy atom. The number of fused-ring (bicyclic) bond motifs is 1. The van der Waals surface area contributed by atoms with Gasteiger partial charge in [-0.25, -0.2) is 0 Å². The van der Waals surface area contributed by atoms with Crippen molar-refractivity contribution in [1.29, 1.82) is 0 Å². The van der Waals surface area contributed by atoms with Gasteiger partial charge in [-0.1, -0.05) is 20.8 Å². The standard InChI is InChI=1S/C22H29N5O/c1-7-26(8-2)16-9-11-17(12-10-16)27-24-19-13-15(3)18(14-20(19)25-27)23-21(28)22(4,5)6/h9-14H,7-8H2,1-6H3,(H,23,28). The lowest BCUT2D eigenvalue weighted by molar-refractivity contribution is -0.123. The third kappa shape index (κ3) is 4.01. The van der Waals surface area contributed by atoms with Gasteiger partial charge in [-0.2, -0.15) is 4.80 Å². The van der Waals surface area contributed by atoms with Gasteiger partial charge in [0.2, 0.25) is 5.91 Å². The molecule has 0 radical (unpaired) electrons. The van der Waals surface area contributed by atoms with Gasteiger partial charge in [0.15, 0.2) is 0 Å². The summed E-state index contributed by atoms with van der Waals surface area (Å²) >= 11 is 0. The second kappa shape index (κ2) is 7.62.